The maximum atomic E-state index is 13.8. The van der Waals surface area contributed by atoms with Crippen molar-refractivity contribution < 1.29 is 14.2 Å². The first-order chi connectivity index (χ1) is 13.0. The Morgan fingerprint density at radius 1 is 1.19 bits per heavy atom. The Balaban J connectivity index is 2.05. The number of hydrogen-bond donors (Lipinski definition) is 3. The summed E-state index contributed by atoms with van der Waals surface area (Å²) in [5.41, 5.74) is 2.37. The second-order valence-corrected chi connectivity index (χ2v) is 6.16. The van der Waals surface area contributed by atoms with Crippen LogP contribution in [0.3, 0.4) is 0 Å². The van der Waals surface area contributed by atoms with Crippen LogP contribution in [-0.4, -0.2) is 30.8 Å². The zero-order valence-corrected chi connectivity index (χ0v) is 16.1. The number of guanidine groups is 1. The lowest BCUT2D eigenvalue weighted by molar-refractivity contribution is 0.176. The lowest BCUT2D eigenvalue weighted by Gasteiger charge is -2.16. The molecule has 6 heteroatoms. The number of rotatable bonds is 8. The highest BCUT2D eigenvalue weighted by Gasteiger charge is 2.12. The quantitative estimate of drug-likeness (QED) is 0.491. The Hall–Kier alpha value is -2.60. The van der Waals surface area contributed by atoms with Crippen LogP contribution in [-0.2, 0) is 6.54 Å². The molecule has 0 saturated carbocycles. The van der Waals surface area contributed by atoms with Crippen LogP contribution in [0.4, 0.5) is 4.39 Å². The monoisotopic (exact) mass is 373 g/mol. The molecule has 0 saturated heterocycles. The predicted octanol–water partition coefficient (Wildman–Crippen LogP) is 3.32. The van der Waals surface area contributed by atoms with E-state index in [0.717, 1.165) is 16.9 Å². The summed E-state index contributed by atoms with van der Waals surface area (Å²) in [6.45, 7) is 7.78. The fourth-order valence-electron chi connectivity index (χ4n) is 2.64. The van der Waals surface area contributed by atoms with E-state index in [-0.39, 0.29) is 12.1 Å². The molecule has 2 aromatic rings. The van der Waals surface area contributed by atoms with E-state index < -0.39 is 11.9 Å². The van der Waals surface area contributed by atoms with E-state index in [2.05, 4.69) is 15.6 Å². The number of aryl methyl sites for hydroxylation is 1. The van der Waals surface area contributed by atoms with Gasteiger partial charge in [0.05, 0.1) is 19.3 Å². The fourth-order valence-corrected chi connectivity index (χ4v) is 2.64. The van der Waals surface area contributed by atoms with Crippen LogP contribution < -0.4 is 15.4 Å². The smallest absolute Gasteiger partial charge is 0.191 e. The van der Waals surface area contributed by atoms with Crippen molar-refractivity contribution in [3.63, 3.8) is 0 Å². The molecular formula is C21H28FN3O2. The molecular weight excluding hydrogens is 345 g/mol. The van der Waals surface area contributed by atoms with E-state index in [1.807, 2.05) is 39.0 Å². The third-order valence-electron chi connectivity index (χ3n) is 4.00. The highest BCUT2D eigenvalue weighted by Crippen LogP contribution is 2.21. The van der Waals surface area contributed by atoms with Gasteiger partial charge < -0.3 is 20.5 Å². The van der Waals surface area contributed by atoms with E-state index in [1.54, 1.807) is 18.2 Å². The summed E-state index contributed by atoms with van der Waals surface area (Å²) in [4.78, 5) is 4.55. The van der Waals surface area contributed by atoms with Crippen molar-refractivity contribution in [2.75, 3.05) is 19.7 Å². The van der Waals surface area contributed by atoms with E-state index in [1.165, 1.54) is 6.07 Å². The summed E-state index contributed by atoms with van der Waals surface area (Å²) in [5.74, 6) is 0.953. The van der Waals surface area contributed by atoms with Crippen molar-refractivity contribution in [2.45, 2.75) is 33.4 Å². The lowest BCUT2D eigenvalue weighted by Crippen LogP contribution is -2.39. The molecule has 0 aliphatic heterocycles. The summed E-state index contributed by atoms with van der Waals surface area (Å²) in [6.07, 6.45) is -0.964. The Labute approximate surface area is 160 Å². The van der Waals surface area contributed by atoms with Crippen molar-refractivity contribution in [1.82, 2.24) is 10.6 Å². The topological polar surface area (TPSA) is 65.9 Å². The van der Waals surface area contributed by atoms with E-state index in [9.17, 15) is 9.50 Å². The van der Waals surface area contributed by atoms with E-state index in [0.29, 0.717) is 25.7 Å². The largest absolute Gasteiger partial charge is 0.494 e. The molecule has 0 radical (unpaired) electrons. The first kappa shape index (κ1) is 20.7. The van der Waals surface area contributed by atoms with Gasteiger partial charge in [0.2, 0.25) is 0 Å². The number of nitrogens with zero attached hydrogens (tertiary/aromatic N) is 1. The number of benzene rings is 2. The molecule has 0 aliphatic rings. The van der Waals surface area contributed by atoms with Crippen molar-refractivity contribution in [2.24, 2.45) is 4.99 Å². The number of halogens is 1. The van der Waals surface area contributed by atoms with Gasteiger partial charge in [0, 0.05) is 24.2 Å². The average Bonchev–Trinajstić information content (AvgIpc) is 2.65. The first-order valence-corrected chi connectivity index (χ1v) is 9.22. The molecule has 2 rings (SSSR count). The van der Waals surface area contributed by atoms with Crippen LogP contribution >= 0.6 is 0 Å². The normalized spacial score (nSPS) is 12.6. The van der Waals surface area contributed by atoms with Gasteiger partial charge in [-0.05, 0) is 38.5 Å². The van der Waals surface area contributed by atoms with Gasteiger partial charge in [-0.25, -0.2) is 9.38 Å². The highest BCUT2D eigenvalue weighted by atomic mass is 19.1. The summed E-state index contributed by atoms with van der Waals surface area (Å²) >= 11 is 0. The van der Waals surface area contributed by atoms with Gasteiger partial charge in [-0.3, -0.25) is 0 Å². The standard InChI is InChI=1S/C21H28FN3O2/c1-4-23-21(25-14-19(26)17-8-6-7-9-18(17)22)24-13-16-11-10-15(3)12-20(16)27-5-2/h6-12,19,26H,4-5,13-14H2,1-3H3,(H2,23,24,25). The summed E-state index contributed by atoms with van der Waals surface area (Å²) in [6, 6.07) is 12.2. The van der Waals surface area contributed by atoms with Gasteiger partial charge in [0.1, 0.15) is 11.6 Å². The minimum atomic E-state index is -0.964. The van der Waals surface area contributed by atoms with Crippen molar-refractivity contribution in [3.8, 4) is 5.75 Å². The van der Waals surface area contributed by atoms with Crippen LogP contribution in [0, 0.1) is 12.7 Å². The van der Waals surface area contributed by atoms with Gasteiger partial charge >= 0.3 is 0 Å². The Morgan fingerprint density at radius 3 is 2.67 bits per heavy atom. The summed E-state index contributed by atoms with van der Waals surface area (Å²) in [7, 11) is 0. The van der Waals surface area contributed by atoms with E-state index in [4.69, 9.17) is 4.74 Å². The average molecular weight is 373 g/mol. The third-order valence-corrected chi connectivity index (χ3v) is 4.00. The zero-order valence-electron chi connectivity index (χ0n) is 16.1. The summed E-state index contributed by atoms with van der Waals surface area (Å²) in [5, 5.41) is 16.4. The molecule has 1 unspecified atom stereocenters. The SMILES string of the molecule is CCNC(=NCc1ccc(C)cc1OCC)NCC(O)c1ccccc1F. The maximum Gasteiger partial charge on any atom is 0.191 e. The van der Waals surface area contributed by atoms with Crippen LogP contribution in [0.15, 0.2) is 47.5 Å². The van der Waals surface area contributed by atoms with Gasteiger partial charge in [-0.15, -0.1) is 0 Å². The molecule has 27 heavy (non-hydrogen) atoms. The van der Waals surface area contributed by atoms with Crippen molar-refractivity contribution >= 4 is 5.96 Å². The molecule has 2 aromatic carbocycles. The maximum absolute atomic E-state index is 13.8. The molecule has 3 N–H and O–H groups in total. The van der Waals surface area contributed by atoms with Crippen molar-refractivity contribution in [3.05, 3.63) is 65.0 Å². The van der Waals surface area contributed by atoms with E-state index >= 15 is 0 Å². The number of hydrogen-bond acceptors (Lipinski definition) is 3. The number of aliphatic hydroxyl groups excluding tert-OH is 1. The van der Waals surface area contributed by atoms with Crippen LogP contribution in [0.1, 0.15) is 36.6 Å². The van der Waals surface area contributed by atoms with Crippen LogP contribution in [0.25, 0.3) is 0 Å². The minimum Gasteiger partial charge on any atom is -0.494 e. The van der Waals surface area contributed by atoms with Gasteiger partial charge in [0.15, 0.2) is 5.96 Å². The molecule has 0 aromatic heterocycles. The minimum absolute atomic E-state index is 0.152. The molecule has 1 atom stereocenters. The number of ether oxygens (including phenoxy) is 1. The van der Waals surface area contributed by atoms with Crippen molar-refractivity contribution in [1.29, 1.82) is 0 Å². The molecule has 5 nitrogen and oxygen atoms in total. The molecule has 146 valence electrons. The van der Waals surface area contributed by atoms with Gasteiger partial charge in [-0.2, -0.15) is 0 Å². The van der Waals surface area contributed by atoms with Gasteiger partial charge in [-0.1, -0.05) is 30.3 Å². The van der Waals surface area contributed by atoms with Crippen LogP contribution in [0.5, 0.6) is 5.75 Å². The second kappa shape index (κ2) is 10.5. The molecule has 0 fully saturated rings. The Kier molecular flexibility index (Phi) is 8.07. The Morgan fingerprint density at radius 2 is 1.96 bits per heavy atom. The molecule has 0 heterocycles. The first-order valence-electron chi connectivity index (χ1n) is 9.22. The fraction of sp³-hybridized carbons (Fsp3) is 0.381. The molecule has 0 amide bonds. The molecule has 0 aliphatic carbocycles. The number of aliphatic imine (C=N–C) groups is 1. The second-order valence-electron chi connectivity index (χ2n) is 6.16. The summed E-state index contributed by atoms with van der Waals surface area (Å²) < 4.78 is 19.5. The number of nitrogens with one attached hydrogen (secondary N) is 2. The lowest BCUT2D eigenvalue weighted by atomic mass is 10.1. The molecule has 0 spiro atoms. The Bertz CT molecular complexity index is 765. The zero-order chi connectivity index (χ0) is 19.6. The predicted molar refractivity (Wildman–Crippen MR) is 107 cm³/mol. The highest BCUT2D eigenvalue weighted by molar-refractivity contribution is 5.79. The molecule has 0 bridgehead atoms. The third kappa shape index (κ3) is 6.25. The van der Waals surface area contributed by atoms with Gasteiger partial charge in [0.25, 0.3) is 0 Å². The van der Waals surface area contributed by atoms with Crippen LogP contribution in [0.2, 0.25) is 0 Å². The number of aliphatic hydroxyl groups is 1.